The van der Waals surface area contributed by atoms with E-state index in [1.54, 1.807) is 19.2 Å². The van der Waals surface area contributed by atoms with Crippen LogP contribution in [0.3, 0.4) is 0 Å². The fourth-order valence-corrected chi connectivity index (χ4v) is 5.11. The molecule has 0 atom stereocenters. The summed E-state index contributed by atoms with van der Waals surface area (Å²) >= 11 is 0. The van der Waals surface area contributed by atoms with Gasteiger partial charge in [0.1, 0.15) is 11.6 Å². The Morgan fingerprint density at radius 3 is 2.51 bits per heavy atom. The smallest absolute Gasteiger partial charge is 0.321 e. The molecule has 0 bridgehead atoms. The minimum atomic E-state index is -0.222. The van der Waals surface area contributed by atoms with Crippen molar-refractivity contribution in [1.82, 2.24) is 14.8 Å². The molecule has 0 saturated carbocycles. The normalized spacial score (nSPS) is 17.3. The molecule has 9 heteroatoms. The number of aromatic amines is 1. The summed E-state index contributed by atoms with van der Waals surface area (Å²) in [6.07, 6.45) is 3.69. The summed E-state index contributed by atoms with van der Waals surface area (Å²) in [7, 11) is 3.81. The number of rotatable bonds is 4. The van der Waals surface area contributed by atoms with Crippen LogP contribution in [0.4, 0.5) is 20.6 Å². The number of aromatic nitrogens is 1. The first kappa shape index (κ1) is 25.1. The molecule has 1 aromatic heterocycles. The number of urea groups is 1. The Balaban J connectivity index is 0.00000289. The van der Waals surface area contributed by atoms with Crippen molar-refractivity contribution in [3.8, 4) is 5.75 Å². The number of nitrogens with zero attached hydrogens (tertiary/aromatic N) is 3. The summed E-state index contributed by atoms with van der Waals surface area (Å²) in [5, 5.41) is 4.02. The lowest BCUT2D eigenvalue weighted by atomic mass is 9.89. The van der Waals surface area contributed by atoms with Gasteiger partial charge in [0, 0.05) is 62.1 Å². The van der Waals surface area contributed by atoms with Gasteiger partial charge in [0.15, 0.2) is 0 Å². The number of benzene rings is 2. The van der Waals surface area contributed by atoms with Crippen LogP contribution in [0.1, 0.15) is 24.3 Å². The van der Waals surface area contributed by atoms with Crippen molar-refractivity contribution in [1.29, 1.82) is 0 Å². The number of nitrogens with one attached hydrogen (secondary N) is 2. The average molecular weight is 502 g/mol. The van der Waals surface area contributed by atoms with E-state index in [4.69, 9.17) is 4.74 Å². The second-order valence-electron chi connectivity index (χ2n) is 9.30. The molecule has 0 radical (unpaired) electrons. The van der Waals surface area contributed by atoms with E-state index in [0.717, 1.165) is 72.6 Å². The van der Waals surface area contributed by atoms with Gasteiger partial charge in [-0.1, -0.05) is 0 Å². The lowest BCUT2D eigenvalue weighted by molar-refractivity contribution is 0.195. The van der Waals surface area contributed by atoms with E-state index < -0.39 is 0 Å². The third kappa shape index (κ3) is 5.33. The molecule has 0 unspecified atom stereocenters. The SMILES string of the molecule is COc1ccc(NC(=O)N2CCC(c3c[nH]c4ccc(F)cc34)CC2)cc1N1CCN(C)CC1.Cl. The Hall–Kier alpha value is -2.97. The fourth-order valence-electron chi connectivity index (χ4n) is 5.11. The van der Waals surface area contributed by atoms with Crippen molar-refractivity contribution in [3.05, 3.63) is 54.0 Å². The Morgan fingerprint density at radius 1 is 1.06 bits per heavy atom. The molecular formula is C26H33ClFN5O2. The van der Waals surface area contributed by atoms with Crippen molar-refractivity contribution in [2.45, 2.75) is 18.8 Å². The predicted octanol–water partition coefficient (Wildman–Crippen LogP) is 4.90. The minimum Gasteiger partial charge on any atom is -0.495 e. The molecule has 35 heavy (non-hydrogen) atoms. The maximum Gasteiger partial charge on any atom is 0.321 e. The zero-order valence-corrected chi connectivity index (χ0v) is 21.0. The maximum absolute atomic E-state index is 13.8. The highest BCUT2D eigenvalue weighted by Crippen LogP contribution is 2.35. The van der Waals surface area contributed by atoms with Gasteiger partial charge in [-0.15, -0.1) is 12.4 Å². The molecule has 2 aliphatic heterocycles. The van der Waals surface area contributed by atoms with E-state index in [1.807, 2.05) is 29.3 Å². The van der Waals surface area contributed by atoms with Gasteiger partial charge in [-0.05, 0) is 67.8 Å². The number of halogens is 2. The van der Waals surface area contributed by atoms with Gasteiger partial charge in [0.05, 0.1) is 12.8 Å². The predicted molar refractivity (Wildman–Crippen MR) is 141 cm³/mol. The van der Waals surface area contributed by atoms with E-state index in [9.17, 15) is 9.18 Å². The summed E-state index contributed by atoms with van der Waals surface area (Å²) < 4.78 is 19.3. The first-order valence-electron chi connectivity index (χ1n) is 12.0. The molecule has 188 valence electrons. The number of hydrogen-bond acceptors (Lipinski definition) is 4. The average Bonchev–Trinajstić information content (AvgIpc) is 3.27. The van der Waals surface area contributed by atoms with E-state index in [2.05, 4.69) is 27.1 Å². The van der Waals surface area contributed by atoms with Crippen LogP contribution in [0.5, 0.6) is 5.75 Å². The summed E-state index contributed by atoms with van der Waals surface area (Å²) in [6.45, 7) is 5.18. The number of ether oxygens (including phenoxy) is 1. The van der Waals surface area contributed by atoms with Gasteiger partial charge in [0.25, 0.3) is 0 Å². The highest BCUT2D eigenvalue weighted by Gasteiger charge is 2.26. The molecule has 5 rings (SSSR count). The zero-order chi connectivity index (χ0) is 23.7. The van der Waals surface area contributed by atoms with Gasteiger partial charge >= 0.3 is 6.03 Å². The summed E-state index contributed by atoms with van der Waals surface area (Å²) in [5.41, 5.74) is 3.88. The van der Waals surface area contributed by atoms with Crippen molar-refractivity contribution in [2.24, 2.45) is 0 Å². The lowest BCUT2D eigenvalue weighted by Gasteiger charge is -2.35. The molecule has 3 heterocycles. The third-order valence-corrected chi connectivity index (χ3v) is 7.17. The van der Waals surface area contributed by atoms with Crippen molar-refractivity contribution < 1.29 is 13.9 Å². The molecule has 2 saturated heterocycles. The number of likely N-dealkylation sites (N-methyl/N-ethyl adjacent to an activating group) is 1. The molecule has 2 aliphatic rings. The zero-order valence-electron chi connectivity index (χ0n) is 20.2. The van der Waals surface area contributed by atoms with Crippen molar-refractivity contribution in [3.63, 3.8) is 0 Å². The quantitative estimate of drug-likeness (QED) is 0.533. The number of likely N-dealkylation sites (tertiary alicyclic amines) is 1. The minimum absolute atomic E-state index is 0. The van der Waals surface area contributed by atoms with Gasteiger partial charge < -0.3 is 29.7 Å². The van der Waals surface area contributed by atoms with Crippen LogP contribution in [0.25, 0.3) is 10.9 Å². The fraction of sp³-hybridized carbons (Fsp3) is 0.423. The molecule has 3 aromatic rings. The highest BCUT2D eigenvalue weighted by atomic mass is 35.5. The summed E-state index contributed by atoms with van der Waals surface area (Å²) in [6, 6.07) is 10.6. The van der Waals surface area contributed by atoms with E-state index in [1.165, 1.54) is 6.07 Å². The van der Waals surface area contributed by atoms with E-state index in [0.29, 0.717) is 19.0 Å². The second-order valence-corrected chi connectivity index (χ2v) is 9.30. The van der Waals surface area contributed by atoms with Crippen LogP contribution in [0.15, 0.2) is 42.6 Å². The van der Waals surface area contributed by atoms with Crippen molar-refractivity contribution in [2.75, 3.05) is 63.6 Å². The number of fused-ring (bicyclic) bond motifs is 1. The highest BCUT2D eigenvalue weighted by molar-refractivity contribution is 5.90. The molecule has 2 N–H and O–H groups in total. The summed E-state index contributed by atoms with van der Waals surface area (Å²) in [4.78, 5) is 22.7. The van der Waals surface area contributed by atoms with Crippen LogP contribution < -0.4 is 15.0 Å². The van der Waals surface area contributed by atoms with Crippen LogP contribution in [0.2, 0.25) is 0 Å². The topological polar surface area (TPSA) is 63.8 Å². The Labute approximate surface area is 211 Å². The Kier molecular flexibility index (Phi) is 7.72. The number of anilines is 2. The van der Waals surface area contributed by atoms with Crippen molar-refractivity contribution >= 4 is 40.7 Å². The van der Waals surface area contributed by atoms with E-state index >= 15 is 0 Å². The molecule has 0 spiro atoms. The lowest BCUT2D eigenvalue weighted by Crippen LogP contribution is -2.44. The molecule has 2 fully saturated rings. The first-order valence-corrected chi connectivity index (χ1v) is 12.0. The van der Waals surface area contributed by atoms with Gasteiger partial charge in [-0.3, -0.25) is 0 Å². The molecule has 2 aromatic carbocycles. The first-order chi connectivity index (χ1) is 16.5. The van der Waals surface area contributed by atoms with Crippen LogP contribution >= 0.6 is 12.4 Å². The van der Waals surface area contributed by atoms with Crippen LogP contribution in [0, 0.1) is 5.82 Å². The largest absolute Gasteiger partial charge is 0.495 e. The monoisotopic (exact) mass is 501 g/mol. The Bertz CT molecular complexity index is 1170. The molecule has 7 nitrogen and oxygen atoms in total. The number of carbonyl (C=O) groups excluding carboxylic acids is 1. The van der Waals surface area contributed by atoms with E-state index in [-0.39, 0.29) is 24.3 Å². The number of piperidine rings is 1. The van der Waals surface area contributed by atoms with Crippen LogP contribution in [-0.4, -0.2) is 74.2 Å². The third-order valence-electron chi connectivity index (χ3n) is 7.17. The standard InChI is InChI=1S/C26H32FN5O2.ClH/c1-30-11-13-31(14-12-30)24-16-20(4-6-25(24)34-2)29-26(33)32-9-7-18(8-10-32)22-17-28-23-5-3-19(27)15-21(22)23;/h3-6,15-18,28H,7-14H2,1-2H3,(H,29,33);1H. The summed E-state index contributed by atoms with van der Waals surface area (Å²) in [5.74, 6) is 0.906. The molecular weight excluding hydrogens is 469 g/mol. The molecule has 0 aliphatic carbocycles. The number of carbonyl (C=O) groups is 1. The van der Waals surface area contributed by atoms with Crippen LogP contribution in [-0.2, 0) is 0 Å². The molecule has 2 amide bonds. The van der Waals surface area contributed by atoms with Gasteiger partial charge in [-0.25, -0.2) is 9.18 Å². The van der Waals surface area contributed by atoms with Gasteiger partial charge in [0.2, 0.25) is 0 Å². The number of piperazine rings is 1. The number of methoxy groups -OCH3 is 1. The number of hydrogen-bond donors (Lipinski definition) is 2. The Morgan fingerprint density at radius 2 is 1.80 bits per heavy atom. The maximum atomic E-state index is 13.8. The number of amides is 2. The second kappa shape index (κ2) is 10.7. The number of H-pyrrole nitrogens is 1. The van der Waals surface area contributed by atoms with Gasteiger partial charge in [-0.2, -0.15) is 0 Å².